The van der Waals surface area contributed by atoms with Gasteiger partial charge in [0, 0.05) is 26.5 Å². The van der Waals surface area contributed by atoms with E-state index in [0.717, 1.165) is 10.4 Å². The van der Waals surface area contributed by atoms with Crippen LogP contribution in [0.25, 0.3) is 11.6 Å². The van der Waals surface area contributed by atoms with Crippen LogP contribution in [0, 0.1) is 13.8 Å². The number of fused-ring (bicyclic) bond motifs is 1. The molecule has 4 rings (SSSR count). The van der Waals surface area contributed by atoms with E-state index in [1.165, 1.54) is 9.78 Å². The lowest BCUT2D eigenvalue weighted by Gasteiger charge is -2.29. The number of rotatable bonds is 2. The summed E-state index contributed by atoms with van der Waals surface area (Å²) in [4.78, 5) is 29.8. The minimum atomic E-state index is -0.283. The number of hydrogen-bond acceptors (Lipinski definition) is 3. The van der Waals surface area contributed by atoms with Crippen LogP contribution in [0.15, 0.2) is 60.7 Å². The van der Waals surface area contributed by atoms with E-state index in [1.54, 1.807) is 17.4 Å². The van der Waals surface area contributed by atoms with Gasteiger partial charge in [0.25, 0.3) is 11.8 Å². The number of carbonyl (C=O) groups excluding carboxylic acids is 2. The lowest BCUT2D eigenvalue weighted by molar-refractivity contribution is -0.112. The minimum Gasteiger partial charge on any atom is -0.268 e. The minimum absolute atomic E-state index is 0.278. The van der Waals surface area contributed by atoms with Gasteiger partial charge < -0.3 is 0 Å². The van der Waals surface area contributed by atoms with Gasteiger partial charge in [0.15, 0.2) is 0 Å². The lowest BCUT2D eigenvalue weighted by atomic mass is 9.92. The predicted octanol–water partition coefficient (Wildman–Crippen LogP) is 5.09. The third kappa shape index (κ3) is 2.68. The first-order valence-corrected chi connectivity index (χ1v) is 9.20. The summed E-state index contributed by atoms with van der Waals surface area (Å²) in [6, 6.07) is 18.8. The number of nitrogens with zero attached hydrogens (tertiary/aromatic N) is 1. The second kappa shape index (κ2) is 6.39. The molecule has 3 aromatic rings. The van der Waals surface area contributed by atoms with Gasteiger partial charge in [-0.1, -0.05) is 36.4 Å². The summed E-state index contributed by atoms with van der Waals surface area (Å²) < 4.78 is 0. The Kier molecular flexibility index (Phi) is 4.05. The van der Waals surface area contributed by atoms with Gasteiger partial charge in [-0.05, 0) is 49.8 Å². The van der Waals surface area contributed by atoms with Gasteiger partial charge >= 0.3 is 0 Å². The van der Waals surface area contributed by atoms with E-state index in [0.29, 0.717) is 22.4 Å². The number of benzene rings is 2. The Morgan fingerprint density at radius 3 is 2.19 bits per heavy atom. The molecule has 0 saturated carbocycles. The summed E-state index contributed by atoms with van der Waals surface area (Å²) in [7, 11) is 0. The largest absolute Gasteiger partial charge is 0.268 e. The van der Waals surface area contributed by atoms with Crippen molar-refractivity contribution in [2.45, 2.75) is 13.8 Å². The number of anilines is 1. The fourth-order valence-electron chi connectivity index (χ4n) is 3.20. The van der Waals surface area contributed by atoms with E-state index in [4.69, 9.17) is 0 Å². The molecule has 1 aliphatic rings. The molecule has 0 fully saturated rings. The first-order valence-electron chi connectivity index (χ1n) is 8.38. The van der Waals surface area contributed by atoms with Crippen LogP contribution in [0.2, 0.25) is 0 Å². The zero-order chi connectivity index (χ0) is 18.3. The summed E-state index contributed by atoms with van der Waals surface area (Å²) in [6.07, 6.45) is 1.89. The molecule has 1 aliphatic heterocycles. The van der Waals surface area contributed by atoms with Gasteiger partial charge in [-0.3, -0.25) is 9.59 Å². The van der Waals surface area contributed by atoms with Crippen molar-refractivity contribution in [1.29, 1.82) is 0 Å². The number of aryl methyl sites for hydroxylation is 2. The van der Waals surface area contributed by atoms with Crippen molar-refractivity contribution in [2.75, 3.05) is 4.90 Å². The molecule has 0 unspecified atom stereocenters. The molecule has 1 aromatic heterocycles. The summed E-state index contributed by atoms with van der Waals surface area (Å²) in [5, 5.41) is 0. The molecule has 26 heavy (non-hydrogen) atoms. The Hall–Kier alpha value is -2.98. The van der Waals surface area contributed by atoms with Crippen molar-refractivity contribution in [2.24, 2.45) is 0 Å². The maximum absolute atomic E-state index is 13.3. The quantitative estimate of drug-likeness (QED) is 0.472. The number of amides is 2. The molecule has 0 atom stereocenters. The molecule has 0 saturated heterocycles. The van der Waals surface area contributed by atoms with Crippen LogP contribution >= 0.6 is 11.3 Å². The highest BCUT2D eigenvalue weighted by Gasteiger charge is 2.36. The molecule has 0 radical (unpaired) electrons. The van der Waals surface area contributed by atoms with E-state index in [-0.39, 0.29) is 11.8 Å². The van der Waals surface area contributed by atoms with Crippen molar-refractivity contribution in [3.8, 4) is 0 Å². The van der Waals surface area contributed by atoms with Crippen molar-refractivity contribution >= 4 is 40.5 Å². The summed E-state index contributed by atoms with van der Waals surface area (Å²) in [5.74, 6) is -0.562. The van der Waals surface area contributed by atoms with Gasteiger partial charge in [-0.25, -0.2) is 4.90 Å². The Bertz CT molecular complexity index is 1060. The molecular weight excluding hydrogens is 342 g/mol. The highest BCUT2D eigenvalue weighted by molar-refractivity contribution is 7.12. The number of thiophene rings is 1. The Labute approximate surface area is 156 Å². The van der Waals surface area contributed by atoms with Crippen LogP contribution in [-0.4, -0.2) is 11.8 Å². The maximum atomic E-state index is 13.3. The van der Waals surface area contributed by atoms with E-state index >= 15 is 0 Å². The highest BCUT2D eigenvalue weighted by atomic mass is 32.1. The molecular formula is C22H17NO2S. The molecule has 0 spiro atoms. The second-order valence-corrected chi connectivity index (χ2v) is 7.60. The van der Waals surface area contributed by atoms with Crippen molar-refractivity contribution < 1.29 is 9.59 Å². The molecule has 128 valence electrons. The van der Waals surface area contributed by atoms with Gasteiger partial charge in [0.05, 0.1) is 5.69 Å². The smallest absolute Gasteiger partial charge is 0.266 e. The number of carbonyl (C=O) groups is 2. The number of para-hydroxylation sites is 1. The molecule has 0 bridgehead atoms. The average Bonchev–Trinajstić information content (AvgIpc) is 3.05. The summed E-state index contributed by atoms with van der Waals surface area (Å²) in [6.45, 7) is 3.94. The molecule has 2 aromatic carbocycles. The van der Waals surface area contributed by atoms with Gasteiger partial charge in [-0.15, -0.1) is 11.3 Å². The fourth-order valence-corrected chi connectivity index (χ4v) is 4.02. The Morgan fingerprint density at radius 2 is 1.50 bits per heavy atom. The normalized spacial score (nSPS) is 15.5. The fraction of sp³-hybridized carbons (Fsp3) is 0.0909. The van der Waals surface area contributed by atoms with Crippen molar-refractivity contribution in [1.82, 2.24) is 0 Å². The Morgan fingerprint density at radius 1 is 0.808 bits per heavy atom. The highest BCUT2D eigenvalue weighted by Crippen LogP contribution is 2.35. The molecule has 3 nitrogen and oxygen atoms in total. The molecule has 0 aliphatic carbocycles. The van der Waals surface area contributed by atoms with Gasteiger partial charge in [0.1, 0.15) is 0 Å². The standard InChI is InChI=1S/C22H17NO2S/c1-14-7-3-6-10-20(14)23-21(24)18-9-5-4-8-17(18)19(22(23)25)13-16-12-11-15(2)26-16/h3-13H,1-2H3/b19-13+. The maximum Gasteiger partial charge on any atom is 0.266 e. The zero-order valence-corrected chi connectivity index (χ0v) is 15.3. The van der Waals surface area contributed by atoms with Crippen LogP contribution < -0.4 is 4.90 Å². The van der Waals surface area contributed by atoms with Gasteiger partial charge in [-0.2, -0.15) is 0 Å². The van der Waals surface area contributed by atoms with Crippen LogP contribution in [0.1, 0.15) is 31.2 Å². The van der Waals surface area contributed by atoms with E-state index in [2.05, 4.69) is 0 Å². The monoisotopic (exact) mass is 359 g/mol. The third-order valence-corrected chi connectivity index (χ3v) is 5.44. The second-order valence-electron chi connectivity index (χ2n) is 6.28. The topological polar surface area (TPSA) is 37.4 Å². The molecule has 2 amide bonds. The van der Waals surface area contributed by atoms with Crippen LogP contribution in [0.3, 0.4) is 0 Å². The molecule has 2 heterocycles. The molecule has 4 heteroatoms. The summed E-state index contributed by atoms with van der Waals surface area (Å²) >= 11 is 1.63. The van der Waals surface area contributed by atoms with Gasteiger partial charge in [0.2, 0.25) is 0 Å². The van der Waals surface area contributed by atoms with Crippen LogP contribution in [0.4, 0.5) is 5.69 Å². The summed E-state index contributed by atoms with van der Waals surface area (Å²) in [5.41, 5.74) is 3.31. The predicted molar refractivity (Wildman–Crippen MR) is 106 cm³/mol. The first-order chi connectivity index (χ1) is 12.6. The third-order valence-electron chi connectivity index (χ3n) is 4.49. The van der Waals surface area contributed by atoms with Crippen molar-refractivity contribution in [3.63, 3.8) is 0 Å². The Balaban J connectivity index is 1.93. The zero-order valence-electron chi connectivity index (χ0n) is 14.5. The molecule has 0 N–H and O–H groups in total. The lowest BCUT2D eigenvalue weighted by Crippen LogP contribution is -2.42. The van der Waals surface area contributed by atoms with Crippen LogP contribution in [0.5, 0.6) is 0 Å². The number of hydrogen-bond donors (Lipinski definition) is 0. The van der Waals surface area contributed by atoms with E-state index in [9.17, 15) is 9.59 Å². The first kappa shape index (κ1) is 16.5. The number of imide groups is 1. The average molecular weight is 359 g/mol. The SMILES string of the molecule is Cc1ccc(/C=C2/C(=O)N(c3ccccc3C)C(=O)c3ccccc32)s1. The van der Waals surface area contributed by atoms with Crippen LogP contribution in [-0.2, 0) is 4.79 Å². The van der Waals surface area contributed by atoms with Crippen molar-refractivity contribution in [3.05, 3.63) is 87.1 Å². The van der Waals surface area contributed by atoms with E-state index in [1.807, 2.05) is 74.5 Å². The van der Waals surface area contributed by atoms with E-state index < -0.39 is 0 Å².